The van der Waals surface area contributed by atoms with E-state index in [2.05, 4.69) is 21.7 Å². The van der Waals surface area contributed by atoms with Crippen molar-refractivity contribution in [3.05, 3.63) is 10.0 Å². The van der Waals surface area contributed by atoms with Gasteiger partial charge in [-0.3, -0.25) is 4.90 Å². The Bertz CT molecular complexity index is 399. The van der Waals surface area contributed by atoms with Crippen molar-refractivity contribution in [2.24, 2.45) is 0 Å². The van der Waals surface area contributed by atoms with E-state index < -0.39 is 0 Å². The van der Waals surface area contributed by atoms with Crippen LogP contribution in [-0.2, 0) is 6.61 Å². The minimum atomic E-state index is -0.0329. The molecule has 102 valence electrons. The van der Waals surface area contributed by atoms with Crippen LogP contribution in [0.25, 0.3) is 0 Å². The third-order valence-corrected chi connectivity index (χ3v) is 5.08. The average Bonchev–Trinajstić information content (AvgIpc) is 2.95. The molecule has 0 bridgehead atoms. The Balaban J connectivity index is 2.00. The molecule has 6 heteroatoms. The van der Waals surface area contributed by atoms with Gasteiger partial charge in [0.25, 0.3) is 0 Å². The van der Waals surface area contributed by atoms with Crippen LogP contribution in [0.5, 0.6) is 0 Å². The fourth-order valence-electron chi connectivity index (χ4n) is 2.49. The Morgan fingerprint density at radius 1 is 1.61 bits per heavy atom. The highest BCUT2D eigenvalue weighted by Crippen LogP contribution is 2.30. The number of rotatable bonds is 5. The third-order valence-electron chi connectivity index (χ3n) is 3.50. The largest absolute Gasteiger partial charge is 0.391 e. The van der Waals surface area contributed by atoms with Gasteiger partial charge in [0, 0.05) is 19.6 Å². The molecule has 1 aliphatic heterocycles. The van der Waals surface area contributed by atoms with E-state index in [1.165, 1.54) is 30.7 Å². The van der Waals surface area contributed by atoms with E-state index in [-0.39, 0.29) is 6.61 Å². The molecule has 0 aromatic carbocycles. The number of likely N-dealkylation sites (tertiary alicyclic amines) is 1. The molecule has 1 N–H and O–H groups in total. The smallest absolute Gasteiger partial charge is 0.186 e. The molecule has 0 amide bonds. The molecule has 1 atom stereocenters. The minimum absolute atomic E-state index is 0.0329. The second-order valence-corrected chi connectivity index (χ2v) is 6.09. The van der Waals surface area contributed by atoms with Crippen molar-refractivity contribution < 1.29 is 5.11 Å². The average molecular weight is 290 g/mol. The van der Waals surface area contributed by atoms with Crippen molar-refractivity contribution in [3.63, 3.8) is 0 Å². The molecule has 4 nitrogen and oxygen atoms in total. The van der Waals surface area contributed by atoms with Crippen LogP contribution < -0.4 is 4.90 Å². The van der Waals surface area contributed by atoms with Gasteiger partial charge >= 0.3 is 0 Å². The van der Waals surface area contributed by atoms with E-state index in [4.69, 9.17) is 16.7 Å². The van der Waals surface area contributed by atoms with E-state index in [1.54, 1.807) is 0 Å². The number of nitrogens with zero attached hydrogens (tertiary/aromatic N) is 3. The fourth-order valence-corrected chi connectivity index (χ4v) is 3.58. The maximum atomic E-state index is 9.14. The lowest BCUT2D eigenvalue weighted by Crippen LogP contribution is -2.38. The standard InChI is InChI=1S/C12H20ClN3OS/c1-3-16-6-4-5-9(16)7-15(2)12-14-11(13)10(8-17)18-12/h9,17H,3-8H2,1-2H3. The molecular formula is C12H20ClN3OS. The highest BCUT2D eigenvalue weighted by atomic mass is 35.5. The number of hydrogen-bond acceptors (Lipinski definition) is 5. The molecule has 2 rings (SSSR count). The molecule has 1 aromatic heterocycles. The zero-order chi connectivity index (χ0) is 13.1. The number of aromatic nitrogens is 1. The summed E-state index contributed by atoms with van der Waals surface area (Å²) in [5, 5.41) is 10.5. The first-order valence-electron chi connectivity index (χ1n) is 6.37. The first-order valence-corrected chi connectivity index (χ1v) is 7.56. The van der Waals surface area contributed by atoms with E-state index in [9.17, 15) is 0 Å². The molecule has 0 spiro atoms. The number of halogens is 1. The SMILES string of the molecule is CCN1CCCC1CN(C)c1nc(Cl)c(CO)s1. The molecule has 2 heterocycles. The van der Waals surface area contributed by atoms with Gasteiger partial charge in [-0.25, -0.2) is 4.98 Å². The van der Waals surface area contributed by atoms with Gasteiger partial charge in [-0.2, -0.15) is 0 Å². The normalized spacial score (nSPS) is 20.6. The molecular weight excluding hydrogens is 270 g/mol. The number of aliphatic hydroxyl groups excluding tert-OH is 1. The maximum absolute atomic E-state index is 9.14. The van der Waals surface area contributed by atoms with Gasteiger partial charge in [0.15, 0.2) is 5.13 Å². The summed E-state index contributed by atoms with van der Waals surface area (Å²) >= 11 is 7.44. The number of thiazole rings is 1. The summed E-state index contributed by atoms with van der Waals surface area (Å²) in [5.41, 5.74) is 0. The van der Waals surface area contributed by atoms with Gasteiger partial charge in [-0.05, 0) is 25.9 Å². The van der Waals surface area contributed by atoms with Crippen molar-refractivity contribution in [2.75, 3.05) is 31.6 Å². The first-order chi connectivity index (χ1) is 8.65. The summed E-state index contributed by atoms with van der Waals surface area (Å²) in [6.45, 7) is 5.47. The van der Waals surface area contributed by atoms with E-state index in [1.807, 2.05) is 7.05 Å². The van der Waals surface area contributed by atoms with Crippen LogP contribution in [-0.4, -0.2) is 47.7 Å². The van der Waals surface area contributed by atoms with Crippen LogP contribution in [0.15, 0.2) is 0 Å². The van der Waals surface area contributed by atoms with Crippen molar-refractivity contribution >= 4 is 28.1 Å². The molecule has 1 saturated heterocycles. The molecule has 0 radical (unpaired) electrons. The Kier molecular flexibility index (Phi) is 4.84. The molecule has 1 aliphatic rings. The maximum Gasteiger partial charge on any atom is 0.186 e. The monoisotopic (exact) mass is 289 g/mol. The van der Waals surface area contributed by atoms with Gasteiger partial charge in [0.05, 0.1) is 11.5 Å². The predicted octanol–water partition coefficient (Wildman–Crippen LogP) is 2.21. The van der Waals surface area contributed by atoms with Crippen LogP contribution in [0.3, 0.4) is 0 Å². The molecule has 0 saturated carbocycles. The highest BCUT2D eigenvalue weighted by Gasteiger charge is 2.25. The minimum Gasteiger partial charge on any atom is -0.391 e. The summed E-state index contributed by atoms with van der Waals surface area (Å²) in [6.07, 6.45) is 2.54. The fraction of sp³-hybridized carbons (Fsp3) is 0.750. The number of anilines is 1. The zero-order valence-electron chi connectivity index (χ0n) is 10.9. The highest BCUT2D eigenvalue weighted by molar-refractivity contribution is 7.16. The Morgan fingerprint density at radius 3 is 3.00 bits per heavy atom. The Morgan fingerprint density at radius 2 is 2.39 bits per heavy atom. The van der Waals surface area contributed by atoms with Crippen LogP contribution >= 0.6 is 22.9 Å². The predicted molar refractivity (Wildman–Crippen MR) is 76.6 cm³/mol. The van der Waals surface area contributed by atoms with Crippen molar-refractivity contribution in [1.29, 1.82) is 0 Å². The molecule has 1 unspecified atom stereocenters. The Hall–Kier alpha value is -0.360. The topological polar surface area (TPSA) is 39.6 Å². The summed E-state index contributed by atoms with van der Waals surface area (Å²) in [5.74, 6) is 0. The van der Waals surface area contributed by atoms with Gasteiger partial charge in [0.1, 0.15) is 5.15 Å². The Labute approximate surface area is 117 Å². The second kappa shape index (κ2) is 6.19. The molecule has 1 aromatic rings. The van der Waals surface area contributed by atoms with Crippen molar-refractivity contribution in [2.45, 2.75) is 32.4 Å². The van der Waals surface area contributed by atoms with E-state index in [0.29, 0.717) is 11.2 Å². The zero-order valence-corrected chi connectivity index (χ0v) is 12.5. The van der Waals surface area contributed by atoms with Gasteiger partial charge < -0.3 is 10.0 Å². The number of aliphatic hydroxyl groups is 1. The van der Waals surface area contributed by atoms with Gasteiger partial charge in [-0.15, -0.1) is 0 Å². The lowest BCUT2D eigenvalue weighted by Gasteiger charge is -2.27. The number of likely N-dealkylation sites (N-methyl/N-ethyl adjacent to an activating group) is 2. The summed E-state index contributed by atoms with van der Waals surface area (Å²) < 4.78 is 0. The summed E-state index contributed by atoms with van der Waals surface area (Å²) in [7, 11) is 2.04. The van der Waals surface area contributed by atoms with E-state index in [0.717, 1.165) is 23.1 Å². The van der Waals surface area contributed by atoms with Crippen LogP contribution in [0.4, 0.5) is 5.13 Å². The van der Waals surface area contributed by atoms with E-state index >= 15 is 0 Å². The quantitative estimate of drug-likeness (QED) is 0.902. The lowest BCUT2D eigenvalue weighted by molar-refractivity contribution is 0.270. The van der Waals surface area contributed by atoms with Crippen LogP contribution in [0, 0.1) is 0 Å². The van der Waals surface area contributed by atoms with Gasteiger partial charge in [-0.1, -0.05) is 29.9 Å². The van der Waals surface area contributed by atoms with Crippen molar-refractivity contribution in [1.82, 2.24) is 9.88 Å². The lowest BCUT2D eigenvalue weighted by atomic mass is 10.2. The van der Waals surface area contributed by atoms with Gasteiger partial charge in [0.2, 0.25) is 0 Å². The molecule has 18 heavy (non-hydrogen) atoms. The van der Waals surface area contributed by atoms with Crippen LogP contribution in [0.1, 0.15) is 24.6 Å². The van der Waals surface area contributed by atoms with Crippen LogP contribution in [0.2, 0.25) is 5.15 Å². The van der Waals surface area contributed by atoms with Crippen molar-refractivity contribution in [3.8, 4) is 0 Å². The molecule has 0 aliphatic carbocycles. The second-order valence-electron chi connectivity index (χ2n) is 4.67. The molecule has 1 fully saturated rings. The summed E-state index contributed by atoms with van der Waals surface area (Å²) in [6, 6.07) is 0.611. The number of hydrogen-bond donors (Lipinski definition) is 1. The summed E-state index contributed by atoms with van der Waals surface area (Å²) in [4.78, 5) is 9.71. The first kappa shape index (κ1) is 14.1. The third kappa shape index (κ3) is 2.96.